The molecule has 1 aromatic rings. The molecule has 0 bridgehead atoms. The second-order valence-corrected chi connectivity index (χ2v) is 7.11. The van der Waals surface area contributed by atoms with Crippen LogP contribution in [0.25, 0.3) is 0 Å². The summed E-state index contributed by atoms with van der Waals surface area (Å²) in [4.78, 5) is 22.1. The van der Waals surface area contributed by atoms with E-state index in [0.29, 0.717) is 32.1 Å². The summed E-state index contributed by atoms with van der Waals surface area (Å²) in [5.41, 5.74) is 9.84. The second kappa shape index (κ2) is 7.47. The molecule has 3 rings (SSSR count). The van der Waals surface area contributed by atoms with E-state index in [-0.39, 0.29) is 29.3 Å². The normalized spacial score (nSPS) is 21.5. The largest absolute Gasteiger partial charge is 0.437 e. The van der Waals surface area contributed by atoms with Crippen LogP contribution in [0.15, 0.2) is 6.07 Å². The summed E-state index contributed by atoms with van der Waals surface area (Å²) in [6.45, 7) is 2.23. The Balaban J connectivity index is 2.03. The lowest BCUT2D eigenvalue weighted by atomic mass is 9.80. The molecule has 1 saturated heterocycles. The zero-order valence-corrected chi connectivity index (χ0v) is 15.4. The van der Waals surface area contributed by atoms with Gasteiger partial charge in [-0.2, -0.15) is 0 Å². The smallest absolute Gasteiger partial charge is 0.405 e. The van der Waals surface area contributed by atoms with Crippen molar-refractivity contribution in [1.82, 2.24) is 9.97 Å². The molecule has 0 atom stereocenters. The van der Waals surface area contributed by atoms with E-state index in [0.717, 1.165) is 0 Å². The molecule has 1 aliphatic carbocycles. The third kappa shape index (κ3) is 4.41. The third-order valence-corrected chi connectivity index (χ3v) is 5.00. The van der Waals surface area contributed by atoms with E-state index < -0.39 is 30.5 Å². The lowest BCUT2D eigenvalue weighted by Crippen LogP contribution is -2.43. The Bertz CT molecular complexity index is 733. The molecular weight excluding hydrogens is 380 g/mol. The number of primary amides is 1. The molecule has 148 valence electrons. The maximum absolute atomic E-state index is 13.7. The minimum Gasteiger partial charge on any atom is -0.437 e. The Morgan fingerprint density at radius 1 is 1.19 bits per heavy atom. The number of rotatable bonds is 4. The van der Waals surface area contributed by atoms with Crippen LogP contribution in [0.1, 0.15) is 37.2 Å². The summed E-state index contributed by atoms with van der Waals surface area (Å²) in [5.74, 6) is -2.21. The quantitative estimate of drug-likeness (QED) is 0.728. The van der Waals surface area contributed by atoms with Crippen molar-refractivity contribution in [3.05, 3.63) is 17.6 Å². The molecule has 0 unspecified atom stereocenters. The number of hydrogen-bond acceptors (Lipinski definition) is 7. The second-order valence-electron chi connectivity index (χ2n) is 6.67. The molecule has 1 aromatic heterocycles. The van der Waals surface area contributed by atoms with Crippen molar-refractivity contribution in [3.8, 4) is 0 Å². The van der Waals surface area contributed by atoms with E-state index in [9.17, 15) is 13.6 Å². The van der Waals surface area contributed by atoms with E-state index in [4.69, 9.17) is 33.2 Å². The predicted octanol–water partition coefficient (Wildman–Crippen LogP) is 1.45. The Labute approximate surface area is 160 Å². The number of carbonyl (C=O) groups excluding carboxylic acids is 1. The van der Waals surface area contributed by atoms with Gasteiger partial charge < -0.3 is 25.8 Å². The maximum atomic E-state index is 13.7. The fourth-order valence-corrected chi connectivity index (χ4v) is 3.45. The molecule has 2 heterocycles. The van der Waals surface area contributed by atoms with Crippen LogP contribution in [0.5, 0.6) is 0 Å². The van der Waals surface area contributed by atoms with Gasteiger partial charge in [0.2, 0.25) is 5.92 Å². The van der Waals surface area contributed by atoms with Gasteiger partial charge in [-0.1, -0.05) is 12.2 Å². The minimum absolute atomic E-state index is 0.0401. The highest BCUT2D eigenvalue weighted by Crippen LogP contribution is 2.46. The number of ether oxygens (including phenoxy) is 2. The first-order valence-electron chi connectivity index (χ1n) is 8.59. The summed E-state index contributed by atoms with van der Waals surface area (Å²) in [7, 11) is 0. The van der Waals surface area contributed by atoms with Gasteiger partial charge >= 0.3 is 6.09 Å². The van der Waals surface area contributed by atoms with Gasteiger partial charge in [-0.15, -0.1) is 0 Å². The van der Waals surface area contributed by atoms with Crippen molar-refractivity contribution < 1.29 is 23.0 Å². The molecule has 1 amide bonds. The van der Waals surface area contributed by atoms with Gasteiger partial charge in [-0.05, 0) is 12.8 Å². The number of carbonyl (C=O) groups is 1. The molecule has 0 aromatic carbocycles. The van der Waals surface area contributed by atoms with Gasteiger partial charge in [0.05, 0.1) is 18.9 Å². The lowest BCUT2D eigenvalue weighted by Gasteiger charge is -2.39. The first kappa shape index (κ1) is 19.6. The summed E-state index contributed by atoms with van der Waals surface area (Å²) in [6.07, 6.45) is -2.17. The zero-order chi connectivity index (χ0) is 19.7. The molecule has 11 heteroatoms. The Morgan fingerprint density at radius 2 is 1.81 bits per heavy atom. The number of anilines is 1. The van der Waals surface area contributed by atoms with E-state index in [1.54, 1.807) is 6.07 Å². The number of morpholine rings is 1. The number of thiocarbonyl (C=S) groups is 1. The number of amides is 1. The van der Waals surface area contributed by atoms with Crippen molar-refractivity contribution >= 4 is 29.1 Å². The fraction of sp³-hybridized carbons (Fsp3) is 0.625. The third-order valence-electron chi connectivity index (χ3n) is 4.82. The summed E-state index contributed by atoms with van der Waals surface area (Å²) >= 11 is 5.00. The van der Waals surface area contributed by atoms with Crippen molar-refractivity contribution in [2.45, 2.75) is 37.2 Å². The number of aromatic nitrogens is 2. The van der Waals surface area contributed by atoms with Crippen LogP contribution in [0.4, 0.5) is 19.4 Å². The van der Waals surface area contributed by atoms with Gasteiger partial charge in [0.1, 0.15) is 10.8 Å². The van der Waals surface area contributed by atoms with E-state index in [1.807, 2.05) is 4.90 Å². The average molecular weight is 401 g/mol. The van der Waals surface area contributed by atoms with Crippen LogP contribution in [-0.2, 0) is 15.1 Å². The summed E-state index contributed by atoms with van der Waals surface area (Å²) in [5, 5.41) is 0. The number of nitrogens with two attached hydrogens (primary N) is 2. The van der Waals surface area contributed by atoms with Crippen molar-refractivity contribution in [2.75, 3.05) is 31.2 Å². The molecule has 1 saturated carbocycles. The number of alkyl halides is 2. The zero-order valence-electron chi connectivity index (χ0n) is 14.6. The van der Waals surface area contributed by atoms with Gasteiger partial charge in [0.25, 0.3) is 0 Å². The van der Waals surface area contributed by atoms with Crippen molar-refractivity contribution in [2.24, 2.45) is 11.5 Å². The Kier molecular flexibility index (Phi) is 5.43. The van der Waals surface area contributed by atoms with Gasteiger partial charge in [0, 0.05) is 32.0 Å². The summed E-state index contributed by atoms with van der Waals surface area (Å²) in [6, 6.07) is 1.62. The Morgan fingerprint density at radius 3 is 2.37 bits per heavy atom. The molecule has 4 N–H and O–H groups in total. The SMILES string of the molecule is NC(=O)OC1(c2cc(N3CCOCC3)nc(C(N)=S)n2)CCC(F)(F)CC1. The molecule has 1 aliphatic heterocycles. The fourth-order valence-electron chi connectivity index (χ4n) is 3.36. The lowest BCUT2D eigenvalue weighted by molar-refractivity contribution is -0.110. The maximum Gasteiger partial charge on any atom is 0.405 e. The average Bonchev–Trinajstić information content (AvgIpc) is 2.63. The molecule has 8 nitrogen and oxygen atoms in total. The first-order chi connectivity index (χ1) is 12.7. The first-order valence-corrected chi connectivity index (χ1v) is 9.00. The molecule has 2 aliphatic rings. The van der Waals surface area contributed by atoms with E-state index in [1.165, 1.54) is 0 Å². The Hall–Kier alpha value is -2.14. The van der Waals surface area contributed by atoms with Crippen LogP contribution in [0.3, 0.4) is 0 Å². The highest BCUT2D eigenvalue weighted by Gasteiger charge is 2.48. The van der Waals surface area contributed by atoms with Crippen LogP contribution in [0, 0.1) is 0 Å². The number of halogens is 2. The van der Waals surface area contributed by atoms with Crippen LogP contribution >= 0.6 is 12.2 Å². The highest BCUT2D eigenvalue weighted by molar-refractivity contribution is 7.80. The highest BCUT2D eigenvalue weighted by atomic mass is 32.1. The van der Waals surface area contributed by atoms with Gasteiger partial charge in [-0.3, -0.25) is 0 Å². The predicted molar refractivity (Wildman–Crippen MR) is 96.7 cm³/mol. The van der Waals surface area contributed by atoms with E-state index >= 15 is 0 Å². The van der Waals surface area contributed by atoms with Gasteiger partial charge in [0.15, 0.2) is 11.4 Å². The van der Waals surface area contributed by atoms with Crippen LogP contribution in [0.2, 0.25) is 0 Å². The molecule has 0 spiro atoms. The molecule has 2 fully saturated rings. The standard InChI is InChI=1S/C16H21F2N5O3S/c17-16(18)3-1-15(2-4-16,26-14(20)24)10-9-11(22-13(21-10)12(19)27)23-5-7-25-8-6-23/h9H,1-8H2,(H2,19,27)(H2,20,24). The van der Waals surface area contributed by atoms with Crippen LogP contribution < -0.4 is 16.4 Å². The van der Waals surface area contributed by atoms with Gasteiger partial charge in [-0.25, -0.2) is 23.5 Å². The molecule has 27 heavy (non-hydrogen) atoms. The number of hydrogen-bond donors (Lipinski definition) is 2. The van der Waals surface area contributed by atoms with Crippen molar-refractivity contribution in [1.29, 1.82) is 0 Å². The molecular formula is C16H21F2N5O3S. The van der Waals surface area contributed by atoms with E-state index in [2.05, 4.69) is 9.97 Å². The van der Waals surface area contributed by atoms with Crippen molar-refractivity contribution in [3.63, 3.8) is 0 Å². The molecule has 0 radical (unpaired) electrons. The monoisotopic (exact) mass is 401 g/mol. The van der Waals surface area contributed by atoms with Crippen LogP contribution in [-0.4, -0.2) is 53.3 Å². The number of nitrogens with zero attached hydrogens (tertiary/aromatic N) is 3. The topological polar surface area (TPSA) is 117 Å². The minimum atomic E-state index is -2.82. The summed E-state index contributed by atoms with van der Waals surface area (Å²) < 4.78 is 38.1.